The van der Waals surface area contributed by atoms with Crippen molar-refractivity contribution in [1.29, 1.82) is 0 Å². The van der Waals surface area contributed by atoms with Crippen LogP contribution in [0.1, 0.15) is 54.4 Å². The zero-order valence-electron chi connectivity index (χ0n) is 13.9. The number of hydrazine groups is 1. The van der Waals surface area contributed by atoms with E-state index in [-0.39, 0.29) is 67.6 Å². The molecule has 0 bridgehead atoms. The Morgan fingerprint density at radius 2 is 1.55 bits per heavy atom. The van der Waals surface area contributed by atoms with Gasteiger partial charge in [0.05, 0.1) is 0 Å². The molecule has 0 aromatic carbocycles. The van der Waals surface area contributed by atoms with Gasteiger partial charge in [0.2, 0.25) is 5.91 Å². The Hall–Kier alpha value is 0.204. The van der Waals surface area contributed by atoms with E-state index in [2.05, 4.69) is 40.5 Å². The van der Waals surface area contributed by atoms with Crippen molar-refractivity contribution in [3.8, 4) is 0 Å². The Morgan fingerprint density at radius 3 is 1.70 bits per heavy atom. The second-order valence-corrected chi connectivity index (χ2v) is 6.89. The molecule has 0 saturated heterocycles. The zero-order valence-corrected chi connectivity index (χ0v) is 16.7. The van der Waals surface area contributed by atoms with Crippen molar-refractivity contribution >= 4 is 11.7 Å². The minimum absolute atomic E-state index is 0. The molecule has 5 heteroatoms. The largest absolute Gasteiger partial charge is 0.334 e. The number of rotatable bonds is 3. The standard InChI is InChI=1S/C12H23O.C3H7N2O.Y/c1-9(8-11(2,3)4)10(13)12(5,6)7;1-2-3(6)5-4;/h9H,1,8H2,2-7H3;1-2,4H2,(H,5,6);/q2*-1;. The van der Waals surface area contributed by atoms with Crippen molar-refractivity contribution < 1.29 is 42.3 Å². The SMILES string of the molecule is [CH2-]C(CC(C)(C)C)C(=O)C(C)(C)C.[CH2-]CC(=O)NN.[Y]. The van der Waals surface area contributed by atoms with E-state index < -0.39 is 0 Å². The van der Waals surface area contributed by atoms with Gasteiger partial charge in [-0.2, -0.15) is 0 Å². The minimum Gasteiger partial charge on any atom is -0.334 e. The zero-order chi connectivity index (χ0) is 15.9. The molecule has 3 N–H and O–H groups in total. The molecule has 1 atom stereocenters. The fourth-order valence-electron chi connectivity index (χ4n) is 1.52. The average molecular weight is 359 g/mol. The Morgan fingerprint density at radius 1 is 1.15 bits per heavy atom. The predicted octanol–water partition coefficient (Wildman–Crippen LogP) is 2.69. The molecule has 0 heterocycles. The van der Waals surface area contributed by atoms with Crippen LogP contribution in [0.4, 0.5) is 0 Å². The third kappa shape index (κ3) is 14.6. The molecule has 0 aliphatic heterocycles. The van der Waals surface area contributed by atoms with Gasteiger partial charge < -0.3 is 18.6 Å². The summed E-state index contributed by atoms with van der Waals surface area (Å²) in [5.41, 5.74) is 1.85. The van der Waals surface area contributed by atoms with E-state index in [1.165, 1.54) is 0 Å². The van der Waals surface area contributed by atoms with Crippen molar-refractivity contribution in [1.82, 2.24) is 5.43 Å². The van der Waals surface area contributed by atoms with Crippen LogP contribution in [0, 0.1) is 30.6 Å². The molecule has 1 radical (unpaired) electrons. The molecule has 0 spiro atoms. The first-order valence-corrected chi connectivity index (χ1v) is 6.51. The Bertz CT molecular complexity index is 285. The number of Topliss-reactive ketones (excluding diaryl/α,β-unsaturated/α-hetero) is 1. The average Bonchev–Trinajstić information content (AvgIpc) is 2.24. The van der Waals surface area contributed by atoms with Crippen molar-refractivity contribution in [3.63, 3.8) is 0 Å². The quantitative estimate of drug-likeness (QED) is 0.352. The van der Waals surface area contributed by atoms with E-state index >= 15 is 0 Å². The van der Waals surface area contributed by atoms with Crippen LogP contribution in [0.5, 0.6) is 0 Å². The van der Waals surface area contributed by atoms with E-state index in [4.69, 9.17) is 0 Å². The summed E-state index contributed by atoms with van der Waals surface area (Å²) in [6.45, 7) is 19.5. The number of carbonyl (C=O) groups is 2. The fraction of sp³-hybridized carbons (Fsp3) is 0.733. The maximum absolute atomic E-state index is 11.8. The molecular weight excluding hydrogens is 329 g/mol. The van der Waals surface area contributed by atoms with Crippen molar-refractivity contribution in [3.05, 3.63) is 13.8 Å². The molecule has 1 unspecified atom stereocenters. The van der Waals surface area contributed by atoms with Crippen molar-refractivity contribution in [2.75, 3.05) is 0 Å². The van der Waals surface area contributed by atoms with Gasteiger partial charge in [-0.3, -0.25) is 10.2 Å². The van der Waals surface area contributed by atoms with Gasteiger partial charge in [-0.25, -0.2) is 5.84 Å². The molecule has 117 valence electrons. The van der Waals surface area contributed by atoms with Crippen LogP contribution >= 0.6 is 0 Å². The fourth-order valence-corrected chi connectivity index (χ4v) is 1.52. The molecular formula is C15H30N2O2Y-2. The number of nitrogens with two attached hydrogens (primary N) is 1. The summed E-state index contributed by atoms with van der Waals surface area (Å²) >= 11 is 0. The van der Waals surface area contributed by atoms with E-state index in [1.807, 2.05) is 26.2 Å². The van der Waals surface area contributed by atoms with Gasteiger partial charge in [0.1, 0.15) is 5.78 Å². The monoisotopic (exact) mass is 359 g/mol. The van der Waals surface area contributed by atoms with Crippen LogP contribution in [0.25, 0.3) is 0 Å². The molecule has 0 aromatic heterocycles. The van der Waals surface area contributed by atoms with Crippen LogP contribution in [-0.2, 0) is 42.3 Å². The van der Waals surface area contributed by atoms with Gasteiger partial charge >= 0.3 is 0 Å². The van der Waals surface area contributed by atoms with Gasteiger partial charge in [0, 0.05) is 38.1 Å². The number of carbonyl (C=O) groups excluding carboxylic acids is 2. The normalized spacial score (nSPS) is 12.4. The van der Waals surface area contributed by atoms with E-state index in [9.17, 15) is 9.59 Å². The summed E-state index contributed by atoms with van der Waals surface area (Å²) in [5, 5.41) is 0. The first kappa shape index (κ1) is 25.2. The summed E-state index contributed by atoms with van der Waals surface area (Å²) in [5.74, 6) is 4.60. The topological polar surface area (TPSA) is 72.2 Å². The molecule has 20 heavy (non-hydrogen) atoms. The molecule has 1 amide bonds. The number of amides is 1. The maximum Gasteiger partial charge on any atom is 0.203 e. The van der Waals surface area contributed by atoms with Crippen LogP contribution in [0.3, 0.4) is 0 Å². The van der Waals surface area contributed by atoms with Gasteiger partial charge in [-0.15, -0.1) is 5.92 Å². The van der Waals surface area contributed by atoms with E-state index in [1.54, 1.807) is 0 Å². The predicted molar refractivity (Wildman–Crippen MR) is 79.7 cm³/mol. The van der Waals surface area contributed by atoms with E-state index in [0.717, 1.165) is 6.42 Å². The third-order valence-corrected chi connectivity index (χ3v) is 2.36. The molecule has 0 rings (SSSR count). The maximum atomic E-state index is 11.8. The van der Waals surface area contributed by atoms with Gasteiger partial charge in [0.15, 0.2) is 0 Å². The van der Waals surface area contributed by atoms with Crippen molar-refractivity contribution in [2.45, 2.75) is 54.4 Å². The Balaban J connectivity index is -0.000000352. The number of ketones is 1. The number of hydrogen-bond donors (Lipinski definition) is 2. The first-order valence-electron chi connectivity index (χ1n) is 6.51. The Kier molecular flexibility index (Phi) is 13.7. The minimum atomic E-state index is -0.252. The smallest absolute Gasteiger partial charge is 0.203 e. The van der Waals surface area contributed by atoms with Crippen molar-refractivity contribution in [2.24, 2.45) is 22.6 Å². The first-order chi connectivity index (χ1) is 8.35. The molecule has 0 saturated carbocycles. The summed E-state index contributed by atoms with van der Waals surface area (Å²) in [7, 11) is 0. The molecule has 0 aliphatic rings. The second-order valence-electron chi connectivity index (χ2n) is 6.89. The molecule has 0 aromatic rings. The van der Waals surface area contributed by atoms with E-state index in [0.29, 0.717) is 0 Å². The summed E-state index contributed by atoms with van der Waals surface area (Å²) in [6, 6.07) is 0. The van der Waals surface area contributed by atoms with Crippen LogP contribution in [0.2, 0.25) is 0 Å². The summed E-state index contributed by atoms with van der Waals surface area (Å²) in [6.07, 6.45) is 1.07. The van der Waals surface area contributed by atoms with Gasteiger partial charge in [-0.05, 0) is 5.41 Å². The van der Waals surface area contributed by atoms with Crippen LogP contribution in [0.15, 0.2) is 0 Å². The molecule has 0 aliphatic carbocycles. The van der Waals surface area contributed by atoms with Crippen LogP contribution < -0.4 is 11.3 Å². The summed E-state index contributed by atoms with van der Waals surface area (Å²) in [4.78, 5) is 21.7. The van der Waals surface area contributed by atoms with Gasteiger partial charge in [-0.1, -0.05) is 54.4 Å². The van der Waals surface area contributed by atoms with Gasteiger partial charge in [0.25, 0.3) is 0 Å². The van der Waals surface area contributed by atoms with Crippen LogP contribution in [-0.4, -0.2) is 11.7 Å². The third-order valence-electron chi connectivity index (χ3n) is 2.36. The molecule has 4 nitrogen and oxygen atoms in total. The number of nitrogens with one attached hydrogen (secondary N) is 1. The Labute approximate surface area is 149 Å². The summed E-state index contributed by atoms with van der Waals surface area (Å²) < 4.78 is 0. The number of hydrogen-bond acceptors (Lipinski definition) is 3. The second kappa shape index (κ2) is 10.9. The molecule has 0 fully saturated rings.